The molecular formula is C31H27N3O6S. The minimum atomic E-state index is -0.938. The molecule has 1 aliphatic heterocycles. The maximum Gasteiger partial charge on any atom is 0.338 e. The molecule has 3 aromatic carbocycles. The van der Waals surface area contributed by atoms with Gasteiger partial charge in [0.15, 0.2) is 4.80 Å². The van der Waals surface area contributed by atoms with Crippen molar-refractivity contribution in [3.05, 3.63) is 136 Å². The van der Waals surface area contributed by atoms with E-state index in [0.717, 1.165) is 11.1 Å². The molecular weight excluding hydrogens is 542 g/mol. The summed E-state index contributed by atoms with van der Waals surface area (Å²) in [6.07, 6.45) is 1.75. The van der Waals surface area contributed by atoms with Crippen molar-refractivity contribution in [2.75, 3.05) is 6.61 Å². The highest BCUT2D eigenvalue weighted by atomic mass is 32.1. The van der Waals surface area contributed by atoms with E-state index in [0.29, 0.717) is 38.5 Å². The van der Waals surface area contributed by atoms with Gasteiger partial charge in [0, 0.05) is 11.6 Å². The predicted octanol–water partition coefficient (Wildman–Crippen LogP) is 4.59. The minimum absolute atomic E-state index is 0.102. The first-order valence-corrected chi connectivity index (χ1v) is 13.8. The average Bonchev–Trinajstić information content (AvgIpc) is 3.26. The summed E-state index contributed by atoms with van der Waals surface area (Å²) in [5.74, 6) is 0.0279. The molecule has 208 valence electrons. The number of aromatic nitrogens is 1. The molecule has 0 fully saturated rings. The van der Waals surface area contributed by atoms with Crippen molar-refractivity contribution in [2.24, 2.45) is 4.99 Å². The van der Waals surface area contributed by atoms with Gasteiger partial charge in [-0.25, -0.2) is 9.79 Å². The fraction of sp³-hybridized carbons (Fsp3) is 0.194. The van der Waals surface area contributed by atoms with Crippen molar-refractivity contribution in [3.63, 3.8) is 0 Å². The second-order valence-corrected chi connectivity index (χ2v) is 10.5. The van der Waals surface area contributed by atoms with E-state index in [2.05, 4.69) is 4.99 Å². The Kier molecular flexibility index (Phi) is 7.93. The van der Waals surface area contributed by atoms with Crippen LogP contribution in [0, 0.1) is 17.0 Å². The number of hydrogen-bond acceptors (Lipinski definition) is 8. The lowest BCUT2D eigenvalue weighted by Gasteiger charge is -2.24. The number of hydrogen-bond donors (Lipinski definition) is 0. The Labute approximate surface area is 239 Å². The molecule has 0 N–H and O–H groups in total. The van der Waals surface area contributed by atoms with Crippen molar-refractivity contribution in [2.45, 2.75) is 33.4 Å². The van der Waals surface area contributed by atoms with Gasteiger partial charge in [-0.3, -0.25) is 19.5 Å². The van der Waals surface area contributed by atoms with Crippen LogP contribution in [0.3, 0.4) is 0 Å². The third-order valence-corrected chi connectivity index (χ3v) is 7.65. The zero-order valence-corrected chi connectivity index (χ0v) is 23.5. The Hall–Kier alpha value is -4.83. The van der Waals surface area contributed by atoms with Crippen molar-refractivity contribution in [1.82, 2.24) is 4.57 Å². The molecule has 0 bridgehead atoms. The zero-order valence-electron chi connectivity index (χ0n) is 22.7. The number of carbonyl (C=O) groups excluding carboxylic acids is 1. The van der Waals surface area contributed by atoms with Gasteiger partial charge in [-0.2, -0.15) is 0 Å². The Morgan fingerprint density at radius 1 is 1.10 bits per heavy atom. The van der Waals surface area contributed by atoms with Crippen LogP contribution in [0.25, 0.3) is 6.08 Å². The van der Waals surface area contributed by atoms with Crippen molar-refractivity contribution in [3.8, 4) is 5.75 Å². The first-order chi connectivity index (χ1) is 19.8. The van der Waals surface area contributed by atoms with Crippen molar-refractivity contribution < 1.29 is 19.2 Å². The quantitative estimate of drug-likeness (QED) is 0.174. The fourth-order valence-corrected chi connectivity index (χ4v) is 5.73. The van der Waals surface area contributed by atoms with Crippen LogP contribution in [0.4, 0.5) is 5.69 Å². The highest BCUT2D eigenvalue weighted by Crippen LogP contribution is 2.33. The summed E-state index contributed by atoms with van der Waals surface area (Å²) < 4.78 is 13.1. The third-order valence-electron chi connectivity index (χ3n) is 6.67. The van der Waals surface area contributed by atoms with E-state index in [-0.39, 0.29) is 23.4 Å². The molecule has 41 heavy (non-hydrogen) atoms. The Morgan fingerprint density at radius 2 is 1.88 bits per heavy atom. The number of nitro groups is 1. The molecule has 0 spiro atoms. The molecule has 0 radical (unpaired) electrons. The predicted molar refractivity (Wildman–Crippen MR) is 155 cm³/mol. The highest BCUT2D eigenvalue weighted by molar-refractivity contribution is 7.07. The fourth-order valence-electron chi connectivity index (χ4n) is 4.69. The molecule has 4 aromatic rings. The number of benzene rings is 3. The second kappa shape index (κ2) is 11.7. The van der Waals surface area contributed by atoms with Crippen LogP contribution in [-0.2, 0) is 16.1 Å². The van der Waals surface area contributed by atoms with Gasteiger partial charge >= 0.3 is 5.97 Å². The molecule has 1 atom stereocenters. The van der Waals surface area contributed by atoms with Crippen molar-refractivity contribution >= 4 is 29.1 Å². The van der Waals surface area contributed by atoms with E-state index >= 15 is 0 Å². The maximum absolute atomic E-state index is 13.9. The van der Waals surface area contributed by atoms with Gasteiger partial charge in [-0.1, -0.05) is 65.9 Å². The lowest BCUT2D eigenvalue weighted by Crippen LogP contribution is -2.40. The Morgan fingerprint density at radius 3 is 2.61 bits per heavy atom. The van der Waals surface area contributed by atoms with Gasteiger partial charge in [0.1, 0.15) is 12.4 Å². The monoisotopic (exact) mass is 569 g/mol. The van der Waals surface area contributed by atoms with E-state index in [9.17, 15) is 19.7 Å². The summed E-state index contributed by atoms with van der Waals surface area (Å²) in [5.41, 5.74) is 2.77. The van der Waals surface area contributed by atoms with Gasteiger partial charge < -0.3 is 9.47 Å². The summed E-state index contributed by atoms with van der Waals surface area (Å²) in [6.45, 7) is 5.53. The summed E-state index contributed by atoms with van der Waals surface area (Å²) in [5, 5.41) is 11.7. The minimum Gasteiger partial charge on any atom is -0.489 e. The van der Waals surface area contributed by atoms with Crippen LogP contribution < -0.4 is 19.6 Å². The first kappa shape index (κ1) is 27.7. The summed E-state index contributed by atoms with van der Waals surface area (Å²) in [4.78, 5) is 43.1. The molecule has 0 unspecified atom stereocenters. The smallest absolute Gasteiger partial charge is 0.338 e. The zero-order chi connectivity index (χ0) is 29.1. The molecule has 0 amide bonds. The number of nitrogens with zero attached hydrogens (tertiary/aromatic N) is 3. The topological polar surface area (TPSA) is 113 Å². The summed E-state index contributed by atoms with van der Waals surface area (Å²) in [6, 6.07) is 21.0. The number of esters is 1. The highest BCUT2D eigenvalue weighted by Gasteiger charge is 2.34. The molecule has 5 rings (SSSR count). The standard InChI is InChI=1S/C31H27N3O6S/c1-4-39-30(36)27-20(3)32-31-33(28(27)23-14-13-19(2)25(17-23)34(37)38)29(35)26(41-31)16-22-11-8-12-24(15-22)40-18-21-9-6-5-7-10-21/h5-17,28H,4,18H2,1-3H3/b26-16+/t28-/m1/s1. The van der Waals surface area contributed by atoms with E-state index in [1.807, 2.05) is 54.6 Å². The molecule has 1 aromatic heterocycles. The number of carbonyl (C=O) groups is 1. The normalized spacial score (nSPS) is 14.8. The number of allylic oxidation sites excluding steroid dienone is 1. The molecule has 1 aliphatic rings. The molecule has 9 nitrogen and oxygen atoms in total. The number of aryl methyl sites for hydroxylation is 1. The number of fused-ring (bicyclic) bond motifs is 1. The average molecular weight is 570 g/mol. The van der Waals surface area contributed by atoms with Crippen LogP contribution in [0.1, 0.15) is 42.1 Å². The van der Waals surface area contributed by atoms with E-state index in [4.69, 9.17) is 9.47 Å². The van der Waals surface area contributed by atoms with Gasteiger partial charge in [-0.05, 0) is 55.7 Å². The van der Waals surface area contributed by atoms with E-state index in [1.54, 1.807) is 39.0 Å². The Bertz CT molecular complexity index is 1860. The number of ether oxygens (including phenoxy) is 2. The van der Waals surface area contributed by atoms with Crippen LogP contribution in [0.5, 0.6) is 5.75 Å². The van der Waals surface area contributed by atoms with Gasteiger partial charge in [0.2, 0.25) is 0 Å². The van der Waals surface area contributed by atoms with Crippen LogP contribution in [0.15, 0.2) is 93.9 Å². The van der Waals surface area contributed by atoms with Gasteiger partial charge in [-0.15, -0.1) is 0 Å². The van der Waals surface area contributed by atoms with Gasteiger partial charge in [0.05, 0.1) is 33.4 Å². The molecule has 2 heterocycles. The number of rotatable bonds is 8. The number of nitro benzene ring substituents is 1. The molecule has 0 saturated carbocycles. The Balaban J connectivity index is 1.59. The maximum atomic E-state index is 13.9. The van der Waals surface area contributed by atoms with Crippen LogP contribution in [0.2, 0.25) is 0 Å². The SMILES string of the molecule is CCOC(=O)C1=C(C)N=c2s/c(=C/c3cccc(OCc4ccccc4)c3)c(=O)n2[C@@H]1c1ccc(C)c([N+](=O)[O-])c1. The molecule has 0 saturated heterocycles. The first-order valence-electron chi connectivity index (χ1n) is 13.0. The number of thiazole rings is 1. The third kappa shape index (κ3) is 5.73. The summed E-state index contributed by atoms with van der Waals surface area (Å²) in [7, 11) is 0. The largest absolute Gasteiger partial charge is 0.489 e. The van der Waals surface area contributed by atoms with Crippen LogP contribution in [-0.4, -0.2) is 22.1 Å². The molecule has 0 aliphatic carbocycles. The van der Waals surface area contributed by atoms with Crippen LogP contribution >= 0.6 is 11.3 Å². The lowest BCUT2D eigenvalue weighted by atomic mass is 9.94. The molecule has 10 heteroatoms. The van der Waals surface area contributed by atoms with E-state index in [1.165, 1.54) is 22.0 Å². The van der Waals surface area contributed by atoms with Gasteiger partial charge in [0.25, 0.3) is 11.2 Å². The van der Waals surface area contributed by atoms with Crippen molar-refractivity contribution in [1.29, 1.82) is 0 Å². The lowest BCUT2D eigenvalue weighted by molar-refractivity contribution is -0.385. The second-order valence-electron chi connectivity index (χ2n) is 9.45. The summed E-state index contributed by atoms with van der Waals surface area (Å²) >= 11 is 1.18. The van der Waals surface area contributed by atoms with E-state index < -0.39 is 16.9 Å².